The molecule has 1 amide bonds. The van der Waals surface area contributed by atoms with E-state index < -0.39 is 0 Å². The molecule has 0 atom stereocenters. The van der Waals surface area contributed by atoms with Gasteiger partial charge in [-0.25, -0.2) is 0 Å². The van der Waals surface area contributed by atoms with Gasteiger partial charge in [-0.2, -0.15) is 0 Å². The molecule has 1 aliphatic rings. The molecular weight excluding hydrogens is 266 g/mol. The number of rotatable bonds is 7. The number of hydrogen-bond acceptors (Lipinski definition) is 3. The molecular formula is C17H25NO3. The smallest absolute Gasteiger partial charge is 0.227 e. The maximum absolute atomic E-state index is 12.6. The summed E-state index contributed by atoms with van der Waals surface area (Å²) >= 11 is 0. The zero-order valence-corrected chi connectivity index (χ0v) is 13.4. The lowest BCUT2D eigenvalue weighted by Crippen LogP contribution is -2.37. The molecule has 116 valence electrons. The van der Waals surface area contributed by atoms with Crippen LogP contribution in [0.5, 0.6) is 11.5 Å². The number of benzene rings is 1. The average molecular weight is 291 g/mol. The van der Waals surface area contributed by atoms with Crippen molar-refractivity contribution in [3.05, 3.63) is 23.8 Å². The highest BCUT2D eigenvalue weighted by atomic mass is 16.5. The summed E-state index contributed by atoms with van der Waals surface area (Å²) in [5.41, 5.74) is 0.885. The minimum Gasteiger partial charge on any atom is -0.497 e. The first-order chi connectivity index (χ1) is 10.0. The van der Waals surface area contributed by atoms with Crippen molar-refractivity contribution in [3.63, 3.8) is 0 Å². The third kappa shape index (κ3) is 4.13. The third-order valence-corrected chi connectivity index (χ3v) is 3.70. The quantitative estimate of drug-likeness (QED) is 0.775. The predicted octanol–water partition coefficient (Wildman–Crippen LogP) is 2.89. The van der Waals surface area contributed by atoms with Crippen molar-refractivity contribution in [1.29, 1.82) is 0 Å². The molecule has 21 heavy (non-hydrogen) atoms. The van der Waals surface area contributed by atoms with Crippen molar-refractivity contribution in [1.82, 2.24) is 4.90 Å². The topological polar surface area (TPSA) is 38.8 Å². The lowest BCUT2D eigenvalue weighted by atomic mass is 10.1. The number of hydrogen-bond donors (Lipinski definition) is 0. The van der Waals surface area contributed by atoms with Gasteiger partial charge in [0.05, 0.1) is 20.6 Å². The van der Waals surface area contributed by atoms with Gasteiger partial charge in [0, 0.05) is 18.2 Å². The van der Waals surface area contributed by atoms with Crippen LogP contribution in [-0.2, 0) is 11.2 Å². The predicted molar refractivity (Wildman–Crippen MR) is 82.8 cm³/mol. The first kappa shape index (κ1) is 15.7. The largest absolute Gasteiger partial charge is 0.497 e. The Balaban J connectivity index is 2.13. The molecule has 0 heterocycles. The van der Waals surface area contributed by atoms with Gasteiger partial charge < -0.3 is 14.4 Å². The molecule has 0 radical (unpaired) electrons. The maximum atomic E-state index is 12.6. The van der Waals surface area contributed by atoms with Crippen LogP contribution < -0.4 is 9.47 Å². The molecule has 4 heteroatoms. The molecule has 0 saturated heterocycles. The molecule has 2 rings (SSSR count). The minimum atomic E-state index is 0.178. The summed E-state index contributed by atoms with van der Waals surface area (Å²) in [4.78, 5) is 14.7. The van der Waals surface area contributed by atoms with Gasteiger partial charge in [-0.15, -0.1) is 0 Å². The van der Waals surface area contributed by atoms with E-state index in [-0.39, 0.29) is 5.91 Å². The number of methoxy groups -OCH3 is 2. The highest BCUT2D eigenvalue weighted by molar-refractivity contribution is 5.80. The maximum Gasteiger partial charge on any atom is 0.227 e. The molecule has 1 aromatic carbocycles. The minimum absolute atomic E-state index is 0.178. The number of amides is 1. The Bertz CT molecular complexity index is 495. The lowest BCUT2D eigenvalue weighted by Gasteiger charge is -2.25. The van der Waals surface area contributed by atoms with Crippen LogP contribution in [0.4, 0.5) is 0 Å². The molecule has 0 aliphatic heterocycles. The van der Waals surface area contributed by atoms with Crippen molar-refractivity contribution >= 4 is 5.91 Å². The second kappa shape index (κ2) is 6.83. The van der Waals surface area contributed by atoms with E-state index >= 15 is 0 Å². The SMILES string of the molecule is COc1ccc(OC)c(CC(=O)N(CC(C)C)C2CC2)c1. The van der Waals surface area contributed by atoms with E-state index in [9.17, 15) is 4.79 Å². The van der Waals surface area contributed by atoms with E-state index in [1.54, 1.807) is 14.2 Å². The third-order valence-electron chi connectivity index (χ3n) is 3.70. The highest BCUT2D eigenvalue weighted by Crippen LogP contribution is 2.30. The van der Waals surface area contributed by atoms with Gasteiger partial charge in [0.25, 0.3) is 0 Å². The Kier molecular flexibility index (Phi) is 5.10. The molecule has 1 aromatic rings. The Labute approximate surface area is 127 Å². The first-order valence-corrected chi connectivity index (χ1v) is 7.55. The Hall–Kier alpha value is -1.71. The van der Waals surface area contributed by atoms with Crippen LogP contribution in [0.1, 0.15) is 32.3 Å². The van der Waals surface area contributed by atoms with Crippen molar-refractivity contribution in [2.75, 3.05) is 20.8 Å². The molecule has 0 unspecified atom stereocenters. The van der Waals surface area contributed by atoms with E-state index in [1.165, 1.54) is 0 Å². The van der Waals surface area contributed by atoms with Crippen LogP contribution in [0.2, 0.25) is 0 Å². The van der Waals surface area contributed by atoms with Crippen LogP contribution in [0, 0.1) is 5.92 Å². The van der Waals surface area contributed by atoms with Crippen LogP contribution in [0.15, 0.2) is 18.2 Å². The van der Waals surface area contributed by atoms with Crippen LogP contribution in [-0.4, -0.2) is 37.6 Å². The zero-order valence-electron chi connectivity index (χ0n) is 13.4. The van der Waals surface area contributed by atoms with E-state index in [0.29, 0.717) is 18.4 Å². The zero-order chi connectivity index (χ0) is 15.4. The molecule has 0 aromatic heterocycles. The number of ether oxygens (including phenoxy) is 2. The summed E-state index contributed by atoms with van der Waals surface area (Å²) in [5.74, 6) is 2.16. The molecule has 4 nitrogen and oxygen atoms in total. The summed E-state index contributed by atoms with van der Waals surface area (Å²) in [7, 11) is 3.26. The second-order valence-corrected chi connectivity index (χ2v) is 6.03. The molecule has 0 spiro atoms. The molecule has 1 aliphatic carbocycles. The molecule has 0 N–H and O–H groups in total. The van der Waals surface area contributed by atoms with Gasteiger partial charge in [-0.1, -0.05) is 13.8 Å². The Morgan fingerprint density at radius 3 is 2.52 bits per heavy atom. The van der Waals surface area contributed by atoms with E-state index in [1.807, 2.05) is 23.1 Å². The lowest BCUT2D eigenvalue weighted by molar-refractivity contribution is -0.131. The summed E-state index contributed by atoms with van der Waals surface area (Å²) in [6, 6.07) is 6.03. The fraction of sp³-hybridized carbons (Fsp3) is 0.588. The van der Waals surface area contributed by atoms with Crippen LogP contribution in [0.25, 0.3) is 0 Å². The Morgan fingerprint density at radius 2 is 2.00 bits per heavy atom. The molecule has 1 fully saturated rings. The van der Waals surface area contributed by atoms with Crippen LogP contribution >= 0.6 is 0 Å². The standard InChI is InChI=1S/C17H25NO3/c1-12(2)11-18(14-5-6-14)17(19)10-13-9-15(20-3)7-8-16(13)21-4/h7-9,12,14H,5-6,10-11H2,1-4H3. The van der Waals surface area contributed by atoms with Crippen molar-refractivity contribution in [3.8, 4) is 11.5 Å². The fourth-order valence-corrected chi connectivity index (χ4v) is 2.52. The van der Waals surface area contributed by atoms with Gasteiger partial charge in [-0.05, 0) is 37.0 Å². The van der Waals surface area contributed by atoms with Gasteiger partial charge in [-0.3, -0.25) is 4.79 Å². The van der Waals surface area contributed by atoms with Gasteiger partial charge >= 0.3 is 0 Å². The first-order valence-electron chi connectivity index (χ1n) is 7.55. The summed E-state index contributed by atoms with van der Waals surface area (Å²) in [6.07, 6.45) is 2.63. The van der Waals surface area contributed by atoms with E-state index in [2.05, 4.69) is 13.8 Å². The number of carbonyl (C=O) groups excluding carboxylic acids is 1. The molecule has 0 bridgehead atoms. The monoisotopic (exact) mass is 291 g/mol. The van der Waals surface area contributed by atoms with Crippen LogP contribution in [0.3, 0.4) is 0 Å². The van der Waals surface area contributed by atoms with E-state index in [0.717, 1.165) is 36.4 Å². The number of nitrogens with zero attached hydrogens (tertiary/aromatic N) is 1. The average Bonchev–Trinajstić information content (AvgIpc) is 3.28. The van der Waals surface area contributed by atoms with Gasteiger partial charge in [0.2, 0.25) is 5.91 Å². The summed E-state index contributed by atoms with van der Waals surface area (Å²) in [5, 5.41) is 0. The van der Waals surface area contributed by atoms with E-state index in [4.69, 9.17) is 9.47 Å². The Morgan fingerprint density at radius 1 is 1.29 bits per heavy atom. The van der Waals surface area contributed by atoms with Crippen molar-refractivity contribution in [2.24, 2.45) is 5.92 Å². The fourth-order valence-electron chi connectivity index (χ4n) is 2.52. The highest BCUT2D eigenvalue weighted by Gasteiger charge is 2.32. The summed E-state index contributed by atoms with van der Waals surface area (Å²) in [6.45, 7) is 5.12. The number of carbonyl (C=O) groups is 1. The van der Waals surface area contributed by atoms with Crippen molar-refractivity contribution in [2.45, 2.75) is 39.2 Å². The summed E-state index contributed by atoms with van der Waals surface area (Å²) < 4.78 is 10.6. The van der Waals surface area contributed by atoms with Gasteiger partial charge in [0.15, 0.2) is 0 Å². The molecule has 1 saturated carbocycles. The van der Waals surface area contributed by atoms with Gasteiger partial charge in [0.1, 0.15) is 11.5 Å². The van der Waals surface area contributed by atoms with Crippen molar-refractivity contribution < 1.29 is 14.3 Å². The normalized spacial score (nSPS) is 14.1. The second-order valence-electron chi connectivity index (χ2n) is 6.03.